The average Bonchev–Trinajstić information content (AvgIpc) is 2.03. The first-order chi connectivity index (χ1) is 5.26. The summed E-state index contributed by atoms with van der Waals surface area (Å²) in [7, 11) is 1.79. The van der Waals surface area contributed by atoms with E-state index in [1.807, 2.05) is 0 Å². The van der Waals surface area contributed by atoms with E-state index < -0.39 is 0 Å². The van der Waals surface area contributed by atoms with Crippen molar-refractivity contribution in [2.75, 3.05) is 12.4 Å². The SMILES string of the molecule is [C-]#[N+]c1cc(Cl)cc(NC)c1. The van der Waals surface area contributed by atoms with E-state index in [4.69, 9.17) is 18.2 Å². The molecule has 1 aromatic carbocycles. The summed E-state index contributed by atoms with van der Waals surface area (Å²) in [6.07, 6.45) is 0. The van der Waals surface area contributed by atoms with Crippen LogP contribution in [-0.2, 0) is 0 Å². The molecule has 0 amide bonds. The topological polar surface area (TPSA) is 16.4 Å². The van der Waals surface area contributed by atoms with Gasteiger partial charge >= 0.3 is 0 Å². The number of hydrogen-bond donors (Lipinski definition) is 1. The molecule has 0 unspecified atom stereocenters. The van der Waals surface area contributed by atoms with E-state index in [0.717, 1.165) is 5.69 Å². The second-order valence-electron chi connectivity index (χ2n) is 2.06. The fraction of sp³-hybridized carbons (Fsp3) is 0.125. The Morgan fingerprint density at radius 3 is 2.73 bits per heavy atom. The molecule has 1 N–H and O–H groups in total. The highest BCUT2D eigenvalue weighted by Crippen LogP contribution is 2.23. The molecule has 0 aliphatic carbocycles. The Morgan fingerprint density at radius 2 is 2.18 bits per heavy atom. The summed E-state index contributed by atoms with van der Waals surface area (Å²) in [5, 5.41) is 3.50. The number of hydrogen-bond acceptors (Lipinski definition) is 1. The number of rotatable bonds is 1. The second-order valence-corrected chi connectivity index (χ2v) is 2.50. The molecule has 56 valence electrons. The minimum atomic E-state index is 0.557. The lowest BCUT2D eigenvalue weighted by atomic mass is 10.3. The molecule has 2 nitrogen and oxygen atoms in total. The average molecular weight is 167 g/mol. The first-order valence-corrected chi connectivity index (χ1v) is 3.50. The summed E-state index contributed by atoms with van der Waals surface area (Å²) in [6.45, 7) is 6.75. The normalized spacial score (nSPS) is 8.82. The Hall–Kier alpha value is -1.20. The van der Waals surface area contributed by atoms with Gasteiger partial charge in [0, 0.05) is 17.8 Å². The quantitative estimate of drug-likeness (QED) is 0.635. The zero-order valence-corrected chi connectivity index (χ0v) is 6.81. The van der Waals surface area contributed by atoms with E-state index in [9.17, 15) is 0 Å². The lowest BCUT2D eigenvalue weighted by molar-refractivity contribution is 1.52. The number of nitrogens with zero attached hydrogens (tertiary/aromatic N) is 1. The molecular weight excluding hydrogens is 160 g/mol. The predicted molar refractivity (Wildman–Crippen MR) is 47.3 cm³/mol. The van der Waals surface area contributed by atoms with Gasteiger partial charge < -0.3 is 5.32 Å². The molecule has 1 rings (SSSR count). The Kier molecular flexibility index (Phi) is 2.35. The molecule has 0 saturated heterocycles. The van der Waals surface area contributed by atoms with E-state index in [1.54, 1.807) is 25.2 Å². The predicted octanol–water partition coefficient (Wildman–Crippen LogP) is 2.93. The lowest BCUT2D eigenvalue weighted by Gasteiger charge is -2.00. The molecule has 0 aliphatic heterocycles. The van der Waals surface area contributed by atoms with Crippen LogP contribution in [0.15, 0.2) is 18.2 Å². The van der Waals surface area contributed by atoms with Gasteiger partial charge in [-0.25, -0.2) is 4.85 Å². The highest BCUT2D eigenvalue weighted by atomic mass is 35.5. The van der Waals surface area contributed by atoms with Crippen molar-refractivity contribution < 1.29 is 0 Å². The van der Waals surface area contributed by atoms with Gasteiger partial charge in [0.05, 0.1) is 6.57 Å². The molecular formula is C8H7ClN2. The molecule has 0 radical (unpaired) electrons. The van der Waals surface area contributed by atoms with E-state index >= 15 is 0 Å². The first-order valence-electron chi connectivity index (χ1n) is 3.12. The Balaban J connectivity index is 3.15. The second kappa shape index (κ2) is 3.27. The number of halogens is 1. The van der Waals surface area contributed by atoms with Crippen molar-refractivity contribution in [3.8, 4) is 0 Å². The monoisotopic (exact) mass is 166 g/mol. The first kappa shape index (κ1) is 7.90. The van der Waals surface area contributed by atoms with Crippen LogP contribution in [0.1, 0.15) is 0 Å². The zero-order valence-electron chi connectivity index (χ0n) is 6.06. The number of anilines is 1. The molecule has 0 heterocycles. The highest BCUT2D eigenvalue weighted by Gasteiger charge is 1.95. The van der Waals surface area contributed by atoms with Crippen LogP contribution in [0.5, 0.6) is 0 Å². The maximum absolute atomic E-state index is 6.75. The summed E-state index contributed by atoms with van der Waals surface area (Å²) in [5.74, 6) is 0. The summed E-state index contributed by atoms with van der Waals surface area (Å²) >= 11 is 5.72. The Labute approximate surface area is 70.6 Å². The Morgan fingerprint density at radius 1 is 1.45 bits per heavy atom. The summed E-state index contributed by atoms with van der Waals surface area (Å²) < 4.78 is 0. The van der Waals surface area contributed by atoms with Crippen molar-refractivity contribution in [2.24, 2.45) is 0 Å². The minimum absolute atomic E-state index is 0.557. The van der Waals surface area contributed by atoms with Crippen LogP contribution in [0.3, 0.4) is 0 Å². The van der Waals surface area contributed by atoms with Crippen molar-refractivity contribution >= 4 is 23.0 Å². The van der Waals surface area contributed by atoms with Gasteiger partial charge in [-0.15, -0.1) is 0 Å². The smallest absolute Gasteiger partial charge is 0.190 e. The summed E-state index contributed by atoms with van der Waals surface area (Å²) in [4.78, 5) is 3.27. The maximum atomic E-state index is 6.75. The highest BCUT2D eigenvalue weighted by molar-refractivity contribution is 6.31. The molecule has 11 heavy (non-hydrogen) atoms. The maximum Gasteiger partial charge on any atom is 0.190 e. The molecule has 3 heteroatoms. The molecule has 0 spiro atoms. The van der Waals surface area contributed by atoms with Gasteiger partial charge in [-0.1, -0.05) is 11.6 Å². The van der Waals surface area contributed by atoms with Crippen molar-refractivity contribution in [3.63, 3.8) is 0 Å². The molecule has 1 aromatic rings. The van der Waals surface area contributed by atoms with Crippen LogP contribution in [0.25, 0.3) is 4.85 Å². The third kappa shape index (κ3) is 1.86. The summed E-state index contributed by atoms with van der Waals surface area (Å²) in [6, 6.07) is 5.16. The van der Waals surface area contributed by atoms with Crippen LogP contribution < -0.4 is 5.32 Å². The van der Waals surface area contributed by atoms with Gasteiger partial charge in [0.25, 0.3) is 0 Å². The van der Waals surface area contributed by atoms with Gasteiger partial charge in [0.15, 0.2) is 5.69 Å². The minimum Gasteiger partial charge on any atom is -0.389 e. The zero-order chi connectivity index (χ0) is 8.27. The van der Waals surface area contributed by atoms with Crippen molar-refractivity contribution in [1.29, 1.82) is 0 Å². The Bertz CT molecular complexity index is 301. The fourth-order valence-electron chi connectivity index (χ4n) is 0.783. The molecule has 0 atom stereocenters. The fourth-order valence-corrected chi connectivity index (χ4v) is 1.01. The van der Waals surface area contributed by atoms with Crippen molar-refractivity contribution in [1.82, 2.24) is 0 Å². The van der Waals surface area contributed by atoms with Crippen LogP contribution >= 0.6 is 11.6 Å². The number of benzene rings is 1. The molecule has 0 fully saturated rings. The van der Waals surface area contributed by atoms with Gasteiger partial charge in [-0.05, 0) is 18.2 Å². The van der Waals surface area contributed by atoms with E-state index in [-0.39, 0.29) is 0 Å². The molecule has 0 aliphatic rings. The standard InChI is InChI=1S/C8H7ClN2/c1-10-7-3-6(9)4-8(5-7)11-2/h3-5,10H,1H3. The molecule has 0 saturated carbocycles. The largest absolute Gasteiger partial charge is 0.389 e. The van der Waals surface area contributed by atoms with Crippen LogP contribution in [-0.4, -0.2) is 7.05 Å². The van der Waals surface area contributed by atoms with E-state index in [0.29, 0.717) is 10.7 Å². The van der Waals surface area contributed by atoms with Crippen LogP contribution in [0, 0.1) is 6.57 Å². The lowest BCUT2D eigenvalue weighted by Crippen LogP contribution is -1.85. The number of nitrogens with one attached hydrogen (secondary N) is 1. The van der Waals surface area contributed by atoms with Crippen LogP contribution in [0.2, 0.25) is 5.02 Å². The van der Waals surface area contributed by atoms with Gasteiger partial charge in [-0.3, -0.25) is 0 Å². The third-order valence-corrected chi connectivity index (χ3v) is 1.52. The van der Waals surface area contributed by atoms with Crippen molar-refractivity contribution in [2.45, 2.75) is 0 Å². The molecule has 0 aromatic heterocycles. The van der Waals surface area contributed by atoms with E-state index in [2.05, 4.69) is 10.2 Å². The molecule has 0 bridgehead atoms. The van der Waals surface area contributed by atoms with Crippen molar-refractivity contribution in [3.05, 3.63) is 34.6 Å². The van der Waals surface area contributed by atoms with Crippen LogP contribution in [0.4, 0.5) is 11.4 Å². The van der Waals surface area contributed by atoms with Gasteiger partial charge in [0.2, 0.25) is 0 Å². The van der Waals surface area contributed by atoms with E-state index in [1.165, 1.54) is 0 Å². The summed E-state index contributed by atoms with van der Waals surface area (Å²) in [5.41, 5.74) is 1.42. The van der Waals surface area contributed by atoms with Gasteiger partial charge in [0.1, 0.15) is 0 Å². The third-order valence-electron chi connectivity index (χ3n) is 1.30. The van der Waals surface area contributed by atoms with Gasteiger partial charge in [-0.2, -0.15) is 0 Å².